The zero-order valence-electron chi connectivity index (χ0n) is 50.3. The van der Waals surface area contributed by atoms with Crippen LogP contribution in [0.1, 0.15) is 58.6 Å². The number of aryl methyl sites for hydroxylation is 6. The summed E-state index contributed by atoms with van der Waals surface area (Å²) in [4.78, 5) is 0. The van der Waals surface area contributed by atoms with Gasteiger partial charge in [0, 0.05) is 149 Å². The molecular weight excluding hydrogens is 2080 g/mol. The molecule has 91 heavy (non-hydrogen) atoms. The molecule has 0 aliphatic heterocycles. The summed E-state index contributed by atoms with van der Waals surface area (Å²) in [5, 5.41) is 20.7. The van der Waals surface area contributed by atoms with Gasteiger partial charge in [0.05, 0.1) is 39.8 Å². The van der Waals surface area contributed by atoms with Gasteiger partial charge in [-0.05, 0) is 78.7 Å². The minimum absolute atomic E-state index is 0. The summed E-state index contributed by atoms with van der Waals surface area (Å²) < 4.78 is 117. The van der Waals surface area contributed by atoms with Gasteiger partial charge in [0.15, 0.2) is 0 Å². The Morgan fingerprint density at radius 3 is 1.37 bits per heavy atom. The summed E-state index contributed by atoms with van der Waals surface area (Å²) in [6.45, 7) is 12.3. The van der Waals surface area contributed by atoms with Crippen LogP contribution in [0.3, 0.4) is 0 Å². The third kappa shape index (κ3) is 22.3. The van der Waals surface area contributed by atoms with Crippen molar-refractivity contribution in [1.82, 2.24) is 48.9 Å². The van der Waals surface area contributed by atoms with Crippen molar-refractivity contribution in [3.05, 3.63) is 239 Å². The topological polar surface area (TPSA) is 126 Å². The third-order valence-corrected chi connectivity index (χ3v) is 12.7. The third-order valence-electron chi connectivity index (χ3n) is 12.7. The van der Waals surface area contributed by atoms with E-state index in [0.29, 0.717) is 17.3 Å². The number of para-hydroxylation sites is 1. The van der Waals surface area contributed by atoms with Crippen LogP contribution in [0.2, 0.25) is 0 Å². The number of nitrogens with zero attached hydrogens (tertiary/aromatic N) is 10. The Labute approximate surface area is 591 Å². The summed E-state index contributed by atoms with van der Waals surface area (Å²) in [6.07, 6.45) is 0.549. The van der Waals surface area contributed by atoms with Gasteiger partial charge in [-0.1, -0.05) is 51.1 Å². The molecule has 0 N–H and O–H groups in total. The number of hydrogen-bond donors (Lipinski definition) is 0. The normalized spacial score (nSPS) is 10.3. The number of benzene rings is 6. The molecule has 11 rings (SSSR count). The van der Waals surface area contributed by atoms with Crippen molar-refractivity contribution < 1.29 is 150 Å². The van der Waals surface area contributed by atoms with Crippen molar-refractivity contribution in [3.63, 3.8) is 0 Å². The van der Waals surface area contributed by atoms with Gasteiger partial charge in [0.2, 0.25) is 17.6 Å². The number of aromatic nitrogens is 10. The summed E-state index contributed by atoms with van der Waals surface area (Å²) in [6, 6.07) is 52.1. The average molecular weight is 2140 g/mol. The van der Waals surface area contributed by atoms with E-state index in [1.807, 2.05) is 115 Å². The van der Waals surface area contributed by atoms with Crippen LogP contribution < -0.4 is 18.9 Å². The maximum absolute atomic E-state index is 13.0. The fourth-order valence-corrected chi connectivity index (χ4v) is 8.05. The fourth-order valence-electron chi connectivity index (χ4n) is 8.05. The van der Waals surface area contributed by atoms with Crippen LogP contribution in [-0.4, -0.2) is 77.3 Å². The Morgan fingerprint density at radius 1 is 0.429 bits per heavy atom. The Morgan fingerprint density at radius 2 is 0.923 bits per heavy atom. The largest absolute Gasteiger partial charge is 0.554 e. The Hall–Kier alpha value is -6.67. The quantitative estimate of drug-likeness (QED) is 0.0868. The van der Waals surface area contributed by atoms with E-state index in [1.54, 1.807) is 61.4 Å². The predicted octanol–water partition coefficient (Wildman–Crippen LogP) is 14.6. The molecule has 26 heteroatoms. The zero-order chi connectivity index (χ0) is 62.1. The number of alkyl halides is 6. The van der Waals surface area contributed by atoms with E-state index in [1.165, 1.54) is 23.3 Å². The molecule has 0 spiro atoms. The number of ether oxygens (including phenoxy) is 4. The molecule has 0 saturated heterocycles. The second-order valence-electron chi connectivity index (χ2n) is 18.7. The molecule has 11 aromatic rings. The van der Waals surface area contributed by atoms with Crippen molar-refractivity contribution in [3.8, 4) is 63.0 Å². The van der Waals surface area contributed by atoms with Crippen LogP contribution in [0.15, 0.2) is 158 Å². The van der Waals surface area contributed by atoms with Crippen LogP contribution in [-0.2, 0) is 126 Å². The summed E-state index contributed by atoms with van der Waals surface area (Å²) in [5.74, 6) is 0.306. The SMILES string of the molecule is CCc1cn(-c2[c-]ccc(C)c2)nc1OC.CCc1nn(-c2[c-]cc(OC)cc2)cc1C.COc1nn(-c2[c-]ccc(-c3ccccc3)c2)cc1C(F)(F)F.COc1nn(-c2[c-]cccc2)cc1C(F)(F)F.Cc1cn(-c2[c-]cc(F)cc2)nc1C.[Ir].[Ir].[Ir].[Ir].[Ir]. The van der Waals surface area contributed by atoms with Gasteiger partial charge in [0.25, 0.3) is 0 Å². The van der Waals surface area contributed by atoms with Crippen LogP contribution >= 0.6 is 0 Å². The van der Waals surface area contributed by atoms with Gasteiger partial charge in [-0.25, -0.2) is 0 Å². The van der Waals surface area contributed by atoms with Gasteiger partial charge in [-0.2, -0.15) is 115 Å². The van der Waals surface area contributed by atoms with Gasteiger partial charge < -0.3 is 18.9 Å². The number of hydrogen-bond acceptors (Lipinski definition) is 9. The molecule has 5 aromatic heterocycles. The van der Waals surface area contributed by atoms with Crippen LogP contribution in [0.25, 0.3) is 39.6 Å². The van der Waals surface area contributed by atoms with Crippen molar-refractivity contribution in [1.29, 1.82) is 0 Å². The van der Waals surface area contributed by atoms with Gasteiger partial charge in [0.1, 0.15) is 11.1 Å². The first-order chi connectivity index (χ1) is 41.2. The maximum Gasteiger partial charge on any atom is 0.423 e. The molecule has 0 saturated carbocycles. The van der Waals surface area contributed by atoms with E-state index in [9.17, 15) is 30.7 Å². The molecule has 6 aromatic carbocycles. The van der Waals surface area contributed by atoms with E-state index in [0.717, 1.165) is 105 Å². The maximum atomic E-state index is 13.0. The van der Waals surface area contributed by atoms with Crippen molar-refractivity contribution in [2.24, 2.45) is 0 Å². The van der Waals surface area contributed by atoms with Gasteiger partial charge in [-0.3, -0.25) is 27.8 Å². The molecule has 0 unspecified atom stereocenters. The second kappa shape index (κ2) is 37.7. The van der Waals surface area contributed by atoms with Crippen LogP contribution in [0, 0.1) is 63.8 Å². The van der Waals surface area contributed by atoms with Crippen LogP contribution in [0.4, 0.5) is 30.7 Å². The number of halogens is 7. The first-order valence-corrected chi connectivity index (χ1v) is 26.6. The monoisotopic (exact) mass is 2140 g/mol. The van der Waals surface area contributed by atoms with Crippen molar-refractivity contribution in [2.45, 2.75) is 66.7 Å². The molecule has 5 heterocycles. The Bertz CT molecular complexity index is 3870. The van der Waals surface area contributed by atoms with Crippen LogP contribution in [0.5, 0.6) is 23.4 Å². The molecule has 0 atom stereocenters. The molecule has 0 amide bonds. The van der Waals surface area contributed by atoms with E-state index >= 15 is 0 Å². The molecule has 0 bridgehead atoms. The molecule has 14 nitrogen and oxygen atoms in total. The molecule has 493 valence electrons. The molecule has 5 radical (unpaired) electrons. The number of methoxy groups -OCH3 is 4. The fraction of sp³-hybridized carbons (Fsp3) is 0.215. The van der Waals surface area contributed by atoms with E-state index in [2.05, 4.69) is 88.3 Å². The summed E-state index contributed by atoms with van der Waals surface area (Å²) >= 11 is 0. The van der Waals surface area contributed by atoms with Crippen molar-refractivity contribution >= 4 is 0 Å². The zero-order valence-corrected chi connectivity index (χ0v) is 62.3. The average Bonchev–Trinajstić information content (AvgIpc) is 1.77. The van der Waals surface area contributed by atoms with Gasteiger partial charge >= 0.3 is 12.4 Å². The summed E-state index contributed by atoms with van der Waals surface area (Å²) in [7, 11) is 5.60. The Kier molecular flexibility index (Phi) is 33.4. The first-order valence-electron chi connectivity index (χ1n) is 26.6. The van der Waals surface area contributed by atoms with Gasteiger partial charge in [-0.15, -0.1) is 75.5 Å². The summed E-state index contributed by atoms with van der Waals surface area (Å²) in [5.41, 5.74) is 10.2. The van der Waals surface area contributed by atoms with Crippen molar-refractivity contribution in [2.75, 3.05) is 28.4 Å². The second-order valence-corrected chi connectivity index (χ2v) is 18.7. The predicted molar refractivity (Wildman–Crippen MR) is 311 cm³/mol. The van der Waals surface area contributed by atoms with E-state index in [4.69, 9.17) is 14.2 Å². The standard InChI is InChI=1S/C17H12F3N2O.2C13H15N2O.C11H8F3N2O.C11H10FN2.5Ir/c1-23-16-15(17(18,19)20)11-22(21-16)14-9-5-8-13(10-14)12-6-3-2-4-7-12;1-4-13-10(2)9-15(14-13)11-5-7-12(16-3)8-6-11;1-4-11-9-15(14-13(11)16-3)12-7-5-6-10(2)8-12;1-17-10-9(11(12,13)14)7-16(15-10)8-5-3-2-4-6-8;1-8-7-14(13-9(8)2)11-5-3-10(12)4-6-11;;;;;/h2-8,10-11H,1H3;5,7-9H,4H2,1-3H3;5-6,8-9H,4H2,1-3H3;2-5,7H,1H3;3-5,7H,1-2H3;;;;;/q5*-1;;;;;. The molecule has 0 aliphatic rings. The molecule has 0 aliphatic carbocycles. The van der Waals surface area contributed by atoms with E-state index in [-0.39, 0.29) is 106 Å². The van der Waals surface area contributed by atoms with E-state index < -0.39 is 35.2 Å². The first kappa shape index (κ1) is 80.4. The number of rotatable bonds is 12. The minimum Gasteiger partial charge on any atom is -0.554 e. The Balaban J connectivity index is 0.000000386. The molecule has 0 fully saturated rings. The minimum atomic E-state index is -4.53. The molecular formula is C65H60F7Ir5N10O4-5. The smallest absolute Gasteiger partial charge is 0.423 e.